The van der Waals surface area contributed by atoms with E-state index in [4.69, 9.17) is 5.73 Å². The normalized spacial score (nSPS) is 13.2. The number of carbonyl (C=O) groups is 2. The molecule has 3 rings (SSSR count). The van der Waals surface area contributed by atoms with Gasteiger partial charge in [0.1, 0.15) is 0 Å². The van der Waals surface area contributed by atoms with Crippen LogP contribution in [0.1, 0.15) is 30.5 Å². The van der Waals surface area contributed by atoms with E-state index in [1.165, 1.54) is 6.92 Å². The lowest BCUT2D eigenvalue weighted by Gasteiger charge is -2.29. The summed E-state index contributed by atoms with van der Waals surface area (Å²) in [6, 6.07) is 25.7. The molecule has 0 heterocycles. The number of carbonyl (C=O) groups excluding carboxylic acids is 2. The van der Waals surface area contributed by atoms with Gasteiger partial charge in [0.25, 0.3) is 0 Å². The average molecular weight is 415 g/mol. The molecule has 2 amide bonds. The number of hydrogen-bond donors (Lipinski definition) is 3. The summed E-state index contributed by atoms with van der Waals surface area (Å²) in [5.74, 6) is 0.118. The Hall–Kier alpha value is -3.93. The fraction of sp³-hybridized carbons (Fsp3) is 0.160. The number of amidine groups is 1. The van der Waals surface area contributed by atoms with Crippen molar-refractivity contribution in [1.82, 2.24) is 5.32 Å². The smallest absolute Gasteiger partial charge is 0.319 e. The predicted molar refractivity (Wildman–Crippen MR) is 124 cm³/mol. The second kappa shape index (κ2) is 9.71. The summed E-state index contributed by atoms with van der Waals surface area (Å²) in [5.41, 5.74) is 7.51. The van der Waals surface area contributed by atoms with Gasteiger partial charge in [-0.05, 0) is 42.7 Å². The fourth-order valence-electron chi connectivity index (χ4n) is 3.50. The van der Waals surface area contributed by atoms with E-state index in [1.807, 2.05) is 66.7 Å². The summed E-state index contributed by atoms with van der Waals surface area (Å²) in [6.07, 6.45) is 0. The lowest BCUT2D eigenvalue weighted by atomic mass is 9.80. The van der Waals surface area contributed by atoms with Crippen molar-refractivity contribution in [2.24, 2.45) is 10.7 Å². The lowest BCUT2D eigenvalue weighted by Crippen LogP contribution is -2.36. The van der Waals surface area contributed by atoms with Gasteiger partial charge in [-0.1, -0.05) is 72.8 Å². The van der Waals surface area contributed by atoms with E-state index >= 15 is 0 Å². The molecule has 0 spiro atoms. The van der Waals surface area contributed by atoms with E-state index < -0.39 is 5.54 Å². The van der Waals surface area contributed by atoms with Gasteiger partial charge in [-0.3, -0.25) is 4.79 Å². The summed E-state index contributed by atoms with van der Waals surface area (Å²) >= 11 is 0. The molecule has 3 aromatic carbocycles. The van der Waals surface area contributed by atoms with Crippen LogP contribution in [0.5, 0.6) is 0 Å². The fourth-order valence-corrected chi connectivity index (χ4v) is 3.50. The molecule has 31 heavy (non-hydrogen) atoms. The van der Waals surface area contributed by atoms with Gasteiger partial charge >= 0.3 is 6.03 Å². The Morgan fingerprint density at radius 3 is 2.10 bits per heavy atom. The first-order valence-corrected chi connectivity index (χ1v) is 9.99. The molecule has 1 unspecified atom stereocenters. The van der Waals surface area contributed by atoms with Crippen molar-refractivity contribution in [1.29, 1.82) is 0 Å². The first-order valence-electron chi connectivity index (χ1n) is 9.99. The van der Waals surface area contributed by atoms with Gasteiger partial charge in [-0.2, -0.15) is 0 Å². The van der Waals surface area contributed by atoms with Crippen LogP contribution in [-0.4, -0.2) is 17.6 Å². The van der Waals surface area contributed by atoms with Crippen molar-refractivity contribution in [3.63, 3.8) is 0 Å². The number of aliphatic imine (C=N–C) groups is 1. The third-order valence-electron chi connectivity index (χ3n) is 4.88. The topological polar surface area (TPSA) is 96.6 Å². The van der Waals surface area contributed by atoms with Gasteiger partial charge in [0.2, 0.25) is 0 Å². The first-order chi connectivity index (χ1) is 14.9. The van der Waals surface area contributed by atoms with E-state index in [0.717, 1.165) is 5.56 Å². The van der Waals surface area contributed by atoms with Crippen LogP contribution in [0, 0.1) is 0 Å². The summed E-state index contributed by atoms with van der Waals surface area (Å²) in [4.78, 5) is 29.9. The SMILES string of the molecule is CC(=O)C(N=C(C)N)(c1ccccc1)c1cccc(NC(=O)NCc2ccccc2)c1. The third-order valence-corrected chi connectivity index (χ3v) is 4.88. The zero-order valence-corrected chi connectivity index (χ0v) is 17.6. The number of urea groups is 1. The molecule has 0 bridgehead atoms. The molecule has 0 saturated heterocycles. The molecule has 0 aliphatic heterocycles. The Morgan fingerprint density at radius 2 is 1.48 bits per heavy atom. The molecule has 1 atom stereocenters. The van der Waals surface area contributed by atoms with Crippen molar-refractivity contribution in [2.75, 3.05) is 5.32 Å². The quantitative estimate of drug-likeness (QED) is 0.399. The number of rotatable bonds is 7. The van der Waals surface area contributed by atoms with Gasteiger partial charge in [-0.15, -0.1) is 0 Å². The van der Waals surface area contributed by atoms with Gasteiger partial charge in [0.15, 0.2) is 11.3 Å². The summed E-state index contributed by atoms with van der Waals surface area (Å²) in [7, 11) is 0. The molecule has 3 aromatic rings. The minimum atomic E-state index is -1.29. The zero-order valence-electron chi connectivity index (χ0n) is 17.6. The van der Waals surface area contributed by atoms with Crippen LogP contribution in [-0.2, 0) is 16.9 Å². The highest BCUT2D eigenvalue weighted by atomic mass is 16.2. The van der Waals surface area contributed by atoms with Crippen molar-refractivity contribution >= 4 is 23.3 Å². The van der Waals surface area contributed by atoms with Crippen LogP contribution < -0.4 is 16.4 Å². The molecule has 0 radical (unpaired) electrons. The third kappa shape index (κ3) is 5.17. The van der Waals surface area contributed by atoms with E-state index in [1.54, 1.807) is 25.1 Å². The van der Waals surface area contributed by atoms with Gasteiger partial charge in [-0.25, -0.2) is 9.79 Å². The predicted octanol–water partition coefficient (Wildman–Crippen LogP) is 4.22. The molecule has 158 valence electrons. The number of hydrogen-bond acceptors (Lipinski definition) is 3. The van der Waals surface area contributed by atoms with Crippen molar-refractivity contribution in [2.45, 2.75) is 25.9 Å². The number of amides is 2. The summed E-state index contributed by atoms with van der Waals surface area (Å²) < 4.78 is 0. The highest BCUT2D eigenvalue weighted by Crippen LogP contribution is 2.36. The van der Waals surface area contributed by atoms with E-state index in [-0.39, 0.29) is 17.6 Å². The first kappa shape index (κ1) is 21.8. The number of anilines is 1. The molecule has 0 fully saturated rings. The van der Waals surface area contributed by atoms with E-state index in [9.17, 15) is 9.59 Å². The van der Waals surface area contributed by atoms with E-state index in [0.29, 0.717) is 23.4 Å². The molecular formula is C25H26N4O2. The standard InChI is InChI=1S/C25H26N4O2/c1-18(30)25(29-19(2)26,21-12-7-4-8-13-21)22-14-9-15-23(16-22)28-24(31)27-17-20-10-5-3-6-11-20/h3-16H,17H2,1-2H3,(H2,26,29)(H2,27,28,31). The van der Waals surface area contributed by atoms with Gasteiger partial charge < -0.3 is 16.4 Å². The van der Waals surface area contributed by atoms with Gasteiger partial charge in [0, 0.05) is 12.2 Å². The average Bonchev–Trinajstić information content (AvgIpc) is 2.77. The second-order valence-electron chi connectivity index (χ2n) is 7.26. The Bertz CT molecular complexity index is 1080. The van der Waals surface area contributed by atoms with E-state index in [2.05, 4.69) is 15.6 Å². The zero-order chi connectivity index (χ0) is 22.3. The maximum atomic E-state index is 12.9. The van der Waals surface area contributed by atoms with Crippen molar-refractivity contribution in [3.8, 4) is 0 Å². The number of nitrogens with one attached hydrogen (secondary N) is 2. The monoisotopic (exact) mass is 414 g/mol. The molecular weight excluding hydrogens is 388 g/mol. The second-order valence-corrected chi connectivity index (χ2v) is 7.26. The van der Waals surface area contributed by atoms with Crippen LogP contribution in [0.4, 0.5) is 10.5 Å². The number of ketones is 1. The van der Waals surface area contributed by atoms with Crippen molar-refractivity contribution < 1.29 is 9.59 Å². The number of nitrogens with two attached hydrogens (primary N) is 1. The maximum Gasteiger partial charge on any atom is 0.319 e. The molecule has 0 aromatic heterocycles. The maximum absolute atomic E-state index is 12.9. The summed E-state index contributed by atoms with van der Waals surface area (Å²) in [5, 5.41) is 5.66. The number of Topliss-reactive ketones (excluding diaryl/α,β-unsaturated/α-hetero) is 1. The van der Waals surface area contributed by atoms with Gasteiger partial charge in [0.05, 0.1) is 5.84 Å². The van der Waals surface area contributed by atoms with Crippen molar-refractivity contribution in [3.05, 3.63) is 102 Å². The Balaban J connectivity index is 1.90. The summed E-state index contributed by atoms with van der Waals surface area (Å²) in [6.45, 7) is 3.55. The molecule has 0 saturated carbocycles. The van der Waals surface area contributed by atoms with Crippen LogP contribution in [0.25, 0.3) is 0 Å². The van der Waals surface area contributed by atoms with Crippen LogP contribution in [0.15, 0.2) is 89.9 Å². The molecule has 6 nitrogen and oxygen atoms in total. The Morgan fingerprint density at radius 1 is 0.871 bits per heavy atom. The Kier molecular flexibility index (Phi) is 6.82. The molecule has 6 heteroatoms. The minimum absolute atomic E-state index is 0.172. The largest absolute Gasteiger partial charge is 0.388 e. The lowest BCUT2D eigenvalue weighted by molar-refractivity contribution is -0.120. The molecule has 4 N–H and O–H groups in total. The number of benzene rings is 3. The Labute approximate surface area is 182 Å². The minimum Gasteiger partial charge on any atom is -0.388 e. The van der Waals surface area contributed by atoms with Crippen LogP contribution in [0.2, 0.25) is 0 Å². The van der Waals surface area contributed by atoms with Crippen LogP contribution >= 0.6 is 0 Å². The number of nitrogens with zero attached hydrogens (tertiary/aromatic N) is 1. The molecule has 0 aliphatic carbocycles. The molecule has 0 aliphatic rings. The highest BCUT2D eigenvalue weighted by molar-refractivity contribution is 5.95. The van der Waals surface area contributed by atoms with Crippen LogP contribution in [0.3, 0.4) is 0 Å². The highest BCUT2D eigenvalue weighted by Gasteiger charge is 2.39.